The van der Waals surface area contributed by atoms with Gasteiger partial charge in [-0.05, 0) is 37.0 Å². The Hall–Kier alpha value is -0.530. The van der Waals surface area contributed by atoms with Gasteiger partial charge < -0.3 is 4.74 Å². The molecule has 2 rings (SSSR count). The van der Waals surface area contributed by atoms with E-state index in [0.29, 0.717) is 18.3 Å². The summed E-state index contributed by atoms with van der Waals surface area (Å²) < 4.78 is 5.83. The molecule has 110 valence electrons. The number of carbonyl (C=O) groups excluding carboxylic acids is 1. The summed E-state index contributed by atoms with van der Waals surface area (Å²) in [6.07, 6.45) is 12.7. The minimum Gasteiger partial charge on any atom is -0.462 e. The van der Waals surface area contributed by atoms with Crippen LogP contribution in [0.3, 0.4) is 0 Å². The average Bonchev–Trinajstić information content (AvgIpc) is 2.39. The Balaban J connectivity index is 1.89. The predicted octanol–water partition coefficient (Wildman–Crippen LogP) is 4.71. The molecule has 2 aliphatic carbocycles. The van der Waals surface area contributed by atoms with E-state index in [2.05, 4.69) is 13.8 Å². The standard InChI is InChI=1S/C17H30O2/c1-13(2)12-17(18)19-16-11-7-6-10-15(16)14-8-4-3-5-9-14/h13-16H,3-12H2,1-2H3/t15-,16+/m0/s1. The van der Waals surface area contributed by atoms with Crippen LogP contribution in [0, 0.1) is 17.8 Å². The molecule has 0 amide bonds. The molecule has 0 unspecified atom stereocenters. The van der Waals surface area contributed by atoms with Crippen molar-refractivity contribution in [2.45, 2.75) is 84.2 Å². The highest BCUT2D eigenvalue weighted by Gasteiger charge is 2.34. The van der Waals surface area contributed by atoms with Crippen molar-refractivity contribution in [2.24, 2.45) is 17.8 Å². The number of hydrogen-bond acceptors (Lipinski definition) is 2. The number of carbonyl (C=O) groups is 1. The van der Waals surface area contributed by atoms with Gasteiger partial charge >= 0.3 is 5.97 Å². The maximum absolute atomic E-state index is 11.9. The van der Waals surface area contributed by atoms with E-state index in [1.165, 1.54) is 51.4 Å². The monoisotopic (exact) mass is 266 g/mol. The van der Waals surface area contributed by atoms with Crippen LogP contribution in [0.4, 0.5) is 0 Å². The topological polar surface area (TPSA) is 26.3 Å². The van der Waals surface area contributed by atoms with Crippen molar-refractivity contribution in [1.82, 2.24) is 0 Å². The Kier molecular flexibility index (Phi) is 5.72. The molecule has 0 bridgehead atoms. The molecule has 0 aromatic heterocycles. The van der Waals surface area contributed by atoms with Crippen LogP contribution in [0.25, 0.3) is 0 Å². The highest BCUT2D eigenvalue weighted by atomic mass is 16.5. The summed E-state index contributed by atoms with van der Waals surface area (Å²) in [4.78, 5) is 11.9. The third kappa shape index (κ3) is 4.50. The van der Waals surface area contributed by atoms with E-state index in [1.54, 1.807) is 0 Å². The van der Waals surface area contributed by atoms with Crippen LogP contribution >= 0.6 is 0 Å². The average molecular weight is 266 g/mol. The molecule has 2 aliphatic rings. The van der Waals surface area contributed by atoms with Gasteiger partial charge in [0, 0.05) is 6.42 Å². The first-order valence-corrected chi connectivity index (χ1v) is 8.36. The van der Waals surface area contributed by atoms with Crippen molar-refractivity contribution >= 4 is 5.97 Å². The fraction of sp³-hybridized carbons (Fsp3) is 0.941. The molecule has 2 atom stereocenters. The summed E-state index contributed by atoms with van der Waals surface area (Å²) in [6, 6.07) is 0. The molecule has 2 fully saturated rings. The van der Waals surface area contributed by atoms with Crippen LogP contribution in [0.1, 0.15) is 78.1 Å². The van der Waals surface area contributed by atoms with Crippen LogP contribution in [0.2, 0.25) is 0 Å². The zero-order valence-corrected chi connectivity index (χ0v) is 12.7. The lowest BCUT2D eigenvalue weighted by Crippen LogP contribution is -2.36. The predicted molar refractivity (Wildman–Crippen MR) is 77.9 cm³/mol. The lowest BCUT2D eigenvalue weighted by atomic mass is 9.72. The Morgan fingerprint density at radius 3 is 2.32 bits per heavy atom. The fourth-order valence-corrected chi connectivity index (χ4v) is 3.92. The van der Waals surface area contributed by atoms with E-state index in [0.717, 1.165) is 12.3 Å². The summed E-state index contributed by atoms with van der Waals surface area (Å²) in [5, 5.41) is 0. The molecule has 19 heavy (non-hydrogen) atoms. The molecule has 0 aromatic carbocycles. The second-order valence-electron chi connectivity index (χ2n) is 6.97. The van der Waals surface area contributed by atoms with E-state index < -0.39 is 0 Å². The third-order valence-electron chi connectivity index (χ3n) is 4.87. The Bertz CT molecular complexity index is 279. The second kappa shape index (κ2) is 7.31. The molecule has 0 aromatic rings. The Labute approximate surface area is 118 Å². The largest absolute Gasteiger partial charge is 0.462 e. The Morgan fingerprint density at radius 2 is 1.63 bits per heavy atom. The maximum atomic E-state index is 11.9. The van der Waals surface area contributed by atoms with Gasteiger partial charge in [0.25, 0.3) is 0 Å². The molecule has 0 saturated heterocycles. The van der Waals surface area contributed by atoms with Gasteiger partial charge in [0.2, 0.25) is 0 Å². The van der Waals surface area contributed by atoms with Gasteiger partial charge in [-0.2, -0.15) is 0 Å². The molecule has 2 nitrogen and oxygen atoms in total. The summed E-state index contributed by atoms with van der Waals surface area (Å²) >= 11 is 0. The van der Waals surface area contributed by atoms with Gasteiger partial charge in [-0.1, -0.05) is 52.4 Å². The number of esters is 1. The summed E-state index contributed by atoms with van der Waals surface area (Å²) in [6.45, 7) is 4.17. The molecule has 0 spiro atoms. The van der Waals surface area contributed by atoms with E-state index >= 15 is 0 Å². The van der Waals surface area contributed by atoms with Gasteiger partial charge in [-0.25, -0.2) is 0 Å². The molecular formula is C17H30O2. The molecule has 2 saturated carbocycles. The smallest absolute Gasteiger partial charge is 0.306 e. The SMILES string of the molecule is CC(C)CC(=O)O[C@@H]1CCCC[C@H]1C1CCCCC1. The third-order valence-corrected chi connectivity index (χ3v) is 4.87. The zero-order chi connectivity index (χ0) is 13.7. The van der Waals surface area contributed by atoms with Crippen molar-refractivity contribution in [1.29, 1.82) is 0 Å². The van der Waals surface area contributed by atoms with E-state index in [4.69, 9.17) is 4.74 Å². The van der Waals surface area contributed by atoms with Gasteiger partial charge in [-0.3, -0.25) is 4.79 Å². The fourth-order valence-electron chi connectivity index (χ4n) is 3.92. The Morgan fingerprint density at radius 1 is 1.00 bits per heavy atom. The van der Waals surface area contributed by atoms with Gasteiger partial charge in [0.1, 0.15) is 6.10 Å². The van der Waals surface area contributed by atoms with Crippen molar-refractivity contribution in [3.63, 3.8) is 0 Å². The van der Waals surface area contributed by atoms with Crippen LogP contribution in [-0.2, 0) is 9.53 Å². The van der Waals surface area contributed by atoms with Crippen LogP contribution in [0.5, 0.6) is 0 Å². The van der Waals surface area contributed by atoms with Crippen molar-refractivity contribution < 1.29 is 9.53 Å². The van der Waals surface area contributed by atoms with Crippen LogP contribution < -0.4 is 0 Å². The minimum absolute atomic E-state index is 0.0303. The zero-order valence-electron chi connectivity index (χ0n) is 12.7. The van der Waals surface area contributed by atoms with Crippen LogP contribution in [0.15, 0.2) is 0 Å². The second-order valence-corrected chi connectivity index (χ2v) is 6.97. The molecule has 0 radical (unpaired) electrons. The first-order chi connectivity index (χ1) is 9.16. The molecule has 0 N–H and O–H groups in total. The van der Waals surface area contributed by atoms with E-state index in [9.17, 15) is 4.79 Å². The van der Waals surface area contributed by atoms with E-state index in [-0.39, 0.29) is 12.1 Å². The summed E-state index contributed by atoms with van der Waals surface area (Å²) in [7, 11) is 0. The number of hydrogen-bond donors (Lipinski definition) is 0. The summed E-state index contributed by atoms with van der Waals surface area (Å²) in [5.74, 6) is 1.92. The number of rotatable bonds is 4. The number of ether oxygens (including phenoxy) is 1. The van der Waals surface area contributed by atoms with Crippen LogP contribution in [-0.4, -0.2) is 12.1 Å². The molecular weight excluding hydrogens is 236 g/mol. The minimum atomic E-state index is 0.0303. The van der Waals surface area contributed by atoms with Gasteiger partial charge in [0.15, 0.2) is 0 Å². The quantitative estimate of drug-likeness (QED) is 0.688. The molecule has 2 heteroatoms. The first-order valence-electron chi connectivity index (χ1n) is 8.36. The lowest BCUT2D eigenvalue weighted by molar-refractivity contribution is -0.156. The highest BCUT2D eigenvalue weighted by Crippen LogP contribution is 2.39. The maximum Gasteiger partial charge on any atom is 0.306 e. The summed E-state index contributed by atoms with van der Waals surface area (Å²) in [5.41, 5.74) is 0. The normalized spacial score (nSPS) is 29.4. The van der Waals surface area contributed by atoms with Crippen molar-refractivity contribution in [3.05, 3.63) is 0 Å². The van der Waals surface area contributed by atoms with Gasteiger partial charge in [0.05, 0.1) is 0 Å². The molecule has 0 heterocycles. The van der Waals surface area contributed by atoms with E-state index in [1.807, 2.05) is 0 Å². The first kappa shape index (κ1) is 14.9. The lowest BCUT2D eigenvalue weighted by Gasteiger charge is -2.38. The highest BCUT2D eigenvalue weighted by molar-refractivity contribution is 5.69. The van der Waals surface area contributed by atoms with Crippen molar-refractivity contribution in [3.8, 4) is 0 Å². The van der Waals surface area contributed by atoms with Crippen molar-refractivity contribution in [2.75, 3.05) is 0 Å². The van der Waals surface area contributed by atoms with Gasteiger partial charge in [-0.15, -0.1) is 0 Å². The molecule has 0 aliphatic heterocycles.